The number of methoxy groups -OCH3 is 1. The Morgan fingerprint density at radius 3 is 2.55 bits per heavy atom. The molecule has 112 valence electrons. The summed E-state index contributed by atoms with van der Waals surface area (Å²) in [5, 5.41) is 2.61. The van der Waals surface area contributed by atoms with E-state index in [1.54, 1.807) is 0 Å². The van der Waals surface area contributed by atoms with Gasteiger partial charge in [0.05, 0.1) is 12.2 Å². The summed E-state index contributed by atoms with van der Waals surface area (Å²) in [6, 6.07) is 0.668. The average molecular weight is 294 g/mol. The fourth-order valence-electron chi connectivity index (χ4n) is 1.63. The molecule has 1 aromatic rings. The van der Waals surface area contributed by atoms with Gasteiger partial charge in [0.15, 0.2) is 0 Å². The lowest BCUT2D eigenvalue weighted by Gasteiger charge is -2.17. The first-order chi connectivity index (χ1) is 9.25. The first-order valence-electron chi connectivity index (χ1n) is 5.65. The van der Waals surface area contributed by atoms with Crippen molar-refractivity contribution in [2.45, 2.75) is 12.2 Å². The van der Waals surface area contributed by atoms with Crippen molar-refractivity contribution in [1.82, 2.24) is 5.32 Å². The Hall–Kier alpha value is -1.67. The molecule has 0 heterocycles. The van der Waals surface area contributed by atoms with E-state index in [1.807, 2.05) is 0 Å². The molecule has 0 radical (unpaired) electrons. The van der Waals surface area contributed by atoms with Crippen LogP contribution in [0.3, 0.4) is 0 Å². The van der Waals surface area contributed by atoms with Gasteiger partial charge in [-0.1, -0.05) is 0 Å². The molecule has 0 fully saturated rings. The first kappa shape index (κ1) is 16.4. The molecule has 1 atom stereocenters. The molecule has 1 rings (SSSR count). The molecule has 0 aliphatic rings. The molecule has 1 aromatic carbocycles. The number of benzene rings is 1. The van der Waals surface area contributed by atoms with Crippen LogP contribution in [0, 0.1) is 5.82 Å². The quantitative estimate of drug-likeness (QED) is 0.619. The summed E-state index contributed by atoms with van der Waals surface area (Å²) < 4.78 is 55.8. The van der Waals surface area contributed by atoms with Crippen LogP contribution >= 0.6 is 0 Å². The Kier molecular flexibility index (Phi) is 5.46. The van der Waals surface area contributed by atoms with Gasteiger partial charge in [-0.15, -0.1) is 0 Å². The monoisotopic (exact) mass is 294 g/mol. The van der Waals surface area contributed by atoms with Gasteiger partial charge in [-0.25, -0.2) is 4.39 Å². The number of primary amides is 1. The zero-order valence-corrected chi connectivity index (χ0v) is 10.6. The summed E-state index contributed by atoms with van der Waals surface area (Å²) in [6.07, 6.45) is -4.70. The van der Waals surface area contributed by atoms with Gasteiger partial charge >= 0.3 is 6.18 Å². The third-order valence-electron chi connectivity index (χ3n) is 2.52. The van der Waals surface area contributed by atoms with Crippen molar-refractivity contribution in [3.63, 3.8) is 0 Å². The van der Waals surface area contributed by atoms with Gasteiger partial charge in [0.1, 0.15) is 11.9 Å². The summed E-state index contributed by atoms with van der Waals surface area (Å²) >= 11 is 0. The molecule has 1 unspecified atom stereocenters. The number of hydrogen-bond donors (Lipinski definition) is 2. The molecular formula is C12H14F4N2O2. The number of rotatable bonds is 6. The number of carbonyl (C=O) groups excluding carboxylic acids is 1. The van der Waals surface area contributed by atoms with Gasteiger partial charge in [0, 0.05) is 13.7 Å². The topological polar surface area (TPSA) is 64.3 Å². The number of amides is 1. The number of nitrogens with one attached hydrogen (secondary N) is 1. The maximum Gasteiger partial charge on any atom is 0.416 e. The maximum atomic E-state index is 13.3. The highest BCUT2D eigenvalue weighted by Crippen LogP contribution is 2.31. The minimum Gasteiger partial charge on any atom is -0.383 e. The smallest absolute Gasteiger partial charge is 0.383 e. The molecule has 1 amide bonds. The highest BCUT2D eigenvalue weighted by atomic mass is 19.4. The molecule has 20 heavy (non-hydrogen) atoms. The van der Waals surface area contributed by atoms with Gasteiger partial charge in [0.2, 0.25) is 5.91 Å². The van der Waals surface area contributed by atoms with Crippen molar-refractivity contribution in [3.05, 3.63) is 35.1 Å². The van der Waals surface area contributed by atoms with Gasteiger partial charge in [-0.05, 0) is 23.8 Å². The molecule has 0 aliphatic heterocycles. The molecule has 8 heteroatoms. The third kappa shape index (κ3) is 4.46. The first-order valence-corrected chi connectivity index (χ1v) is 5.65. The van der Waals surface area contributed by atoms with E-state index in [-0.39, 0.29) is 18.7 Å². The second kappa shape index (κ2) is 6.67. The van der Waals surface area contributed by atoms with Crippen LogP contribution in [0.15, 0.2) is 18.2 Å². The van der Waals surface area contributed by atoms with Crippen molar-refractivity contribution in [1.29, 1.82) is 0 Å². The second-order valence-corrected chi connectivity index (χ2v) is 4.05. The molecule has 4 nitrogen and oxygen atoms in total. The van der Waals surface area contributed by atoms with Crippen LogP contribution in [-0.2, 0) is 15.7 Å². The third-order valence-corrected chi connectivity index (χ3v) is 2.52. The van der Waals surface area contributed by atoms with Crippen molar-refractivity contribution in [2.24, 2.45) is 5.73 Å². The number of ether oxygens (including phenoxy) is 1. The van der Waals surface area contributed by atoms with Gasteiger partial charge in [-0.3, -0.25) is 10.1 Å². The lowest BCUT2D eigenvalue weighted by Crippen LogP contribution is -2.35. The summed E-state index contributed by atoms with van der Waals surface area (Å²) in [5.41, 5.74) is 3.76. The van der Waals surface area contributed by atoms with E-state index in [9.17, 15) is 22.4 Å². The number of nitrogens with two attached hydrogens (primary N) is 1. The summed E-state index contributed by atoms with van der Waals surface area (Å²) in [6.45, 7) is 0.410. The Bertz CT molecular complexity index is 477. The predicted molar refractivity (Wildman–Crippen MR) is 63.2 cm³/mol. The van der Waals surface area contributed by atoms with Gasteiger partial charge < -0.3 is 10.5 Å². The number of halogens is 4. The second-order valence-electron chi connectivity index (χ2n) is 4.05. The molecule has 0 saturated carbocycles. The van der Waals surface area contributed by atoms with Crippen molar-refractivity contribution in [2.75, 3.05) is 20.3 Å². The number of alkyl halides is 3. The minimum atomic E-state index is -4.70. The highest BCUT2D eigenvalue weighted by molar-refractivity contribution is 5.81. The molecule has 3 N–H and O–H groups in total. The largest absolute Gasteiger partial charge is 0.416 e. The fraction of sp³-hybridized carbons (Fsp3) is 0.417. The Morgan fingerprint density at radius 2 is 2.05 bits per heavy atom. The van der Waals surface area contributed by atoms with E-state index < -0.39 is 29.5 Å². The van der Waals surface area contributed by atoms with Gasteiger partial charge in [0.25, 0.3) is 0 Å². The van der Waals surface area contributed by atoms with Gasteiger partial charge in [-0.2, -0.15) is 13.2 Å². The fourth-order valence-corrected chi connectivity index (χ4v) is 1.63. The Labute approximate surface area is 112 Å². The van der Waals surface area contributed by atoms with Crippen LogP contribution in [0.2, 0.25) is 0 Å². The van der Waals surface area contributed by atoms with Crippen molar-refractivity contribution in [3.8, 4) is 0 Å². The van der Waals surface area contributed by atoms with E-state index >= 15 is 0 Å². The summed E-state index contributed by atoms with van der Waals surface area (Å²) in [4.78, 5) is 11.3. The minimum absolute atomic E-state index is 0.180. The average Bonchev–Trinajstić information content (AvgIpc) is 2.32. The van der Waals surface area contributed by atoms with E-state index in [0.717, 1.165) is 6.07 Å². The molecular weight excluding hydrogens is 280 g/mol. The number of carbonyl (C=O) groups is 1. The normalized spacial score (nSPS) is 13.2. The lowest BCUT2D eigenvalue weighted by molar-refractivity contribution is -0.138. The van der Waals surface area contributed by atoms with Crippen LogP contribution in [0.25, 0.3) is 0 Å². The van der Waals surface area contributed by atoms with Crippen molar-refractivity contribution >= 4 is 5.91 Å². The summed E-state index contributed by atoms with van der Waals surface area (Å²) in [5.74, 6) is -1.99. The van der Waals surface area contributed by atoms with Crippen LogP contribution in [0.1, 0.15) is 17.2 Å². The van der Waals surface area contributed by atoms with Crippen LogP contribution < -0.4 is 11.1 Å². The molecule has 0 aromatic heterocycles. The molecule has 0 saturated heterocycles. The number of hydrogen-bond acceptors (Lipinski definition) is 3. The highest BCUT2D eigenvalue weighted by Gasteiger charge is 2.32. The zero-order valence-electron chi connectivity index (χ0n) is 10.6. The standard InChI is InChI=1S/C12H14F4N2O2/c1-20-3-2-18-10(11(17)19)7-4-8(12(14,15)16)6-9(13)5-7/h4-6,10,18H,2-3H2,1H3,(H2,17,19). The maximum absolute atomic E-state index is 13.3. The predicted octanol–water partition coefficient (Wildman–Crippen LogP) is 1.61. The SMILES string of the molecule is COCCNC(C(N)=O)c1cc(F)cc(C(F)(F)F)c1. The van der Waals surface area contributed by atoms with Crippen LogP contribution in [0.5, 0.6) is 0 Å². The van der Waals surface area contributed by atoms with Crippen LogP contribution in [-0.4, -0.2) is 26.2 Å². The van der Waals surface area contributed by atoms with E-state index in [0.29, 0.717) is 12.1 Å². The molecule has 0 aliphatic carbocycles. The zero-order chi connectivity index (χ0) is 15.3. The Balaban J connectivity index is 3.07. The van der Waals surface area contributed by atoms with E-state index in [1.165, 1.54) is 7.11 Å². The molecule has 0 spiro atoms. The van der Waals surface area contributed by atoms with Crippen molar-refractivity contribution < 1.29 is 27.1 Å². The lowest BCUT2D eigenvalue weighted by atomic mass is 10.0. The Morgan fingerprint density at radius 1 is 1.40 bits per heavy atom. The summed E-state index contributed by atoms with van der Waals surface area (Å²) in [7, 11) is 1.42. The van der Waals surface area contributed by atoms with E-state index in [4.69, 9.17) is 10.5 Å². The molecule has 0 bridgehead atoms. The van der Waals surface area contributed by atoms with E-state index in [2.05, 4.69) is 5.32 Å². The van der Waals surface area contributed by atoms with Crippen LogP contribution in [0.4, 0.5) is 17.6 Å².